The molecule has 9 nitrogen and oxygen atoms in total. The molecular weight excluding hydrogens is 581 g/mol. The summed E-state index contributed by atoms with van der Waals surface area (Å²) in [5.74, 6) is -1.15. The van der Waals surface area contributed by atoms with E-state index in [0.717, 1.165) is 10.6 Å². The molecule has 1 N–H and O–H groups in total. The second-order valence-corrected chi connectivity index (χ2v) is 14.5. The molecule has 1 saturated heterocycles. The van der Waals surface area contributed by atoms with E-state index in [1.165, 1.54) is 42.7 Å². The van der Waals surface area contributed by atoms with Crippen LogP contribution in [0.4, 0.5) is 10.1 Å². The van der Waals surface area contributed by atoms with Gasteiger partial charge in [0.1, 0.15) is 17.2 Å². The lowest BCUT2D eigenvalue weighted by atomic mass is 9.89. The molecule has 4 aromatic rings. The summed E-state index contributed by atoms with van der Waals surface area (Å²) in [4.78, 5) is 13.1. The largest absolute Gasteiger partial charge is 0.455 e. The predicted octanol–water partition coefficient (Wildman–Crippen LogP) is 4.70. The summed E-state index contributed by atoms with van der Waals surface area (Å²) in [7, 11) is -4.45. The van der Waals surface area contributed by atoms with E-state index in [1.54, 1.807) is 36.4 Å². The first-order valence-electron chi connectivity index (χ1n) is 13.4. The van der Waals surface area contributed by atoms with E-state index in [2.05, 4.69) is 5.32 Å². The minimum absolute atomic E-state index is 0.140. The molecule has 1 fully saturated rings. The van der Waals surface area contributed by atoms with E-state index in [9.17, 15) is 26.0 Å². The van der Waals surface area contributed by atoms with Crippen molar-refractivity contribution in [2.45, 2.75) is 24.5 Å². The summed E-state index contributed by atoms with van der Waals surface area (Å²) in [5, 5.41) is 3.07. The number of hydrogen-bond donors (Lipinski definition) is 1. The summed E-state index contributed by atoms with van der Waals surface area (Å²) >= 11 is 0. The summed E-state index contributed by atoms with van der Waals surface area (Å²) in [6.45, 7) is 0.512. The average molecular weight is 614 g/mol. The lowest BCUT2D eigenvalue weighted by Gasteiger charge is -2.34. The van der Waals surface area contributed by atoms with Gasteiger partial charge in [-0.3, -0.25) is 9.10 Å². The van der Waals surface area contributed by atoms with Crippen molar-refractivity contribution in [3.8, 4) is 11.3 Å². The van der Waals surface area contributed by atoms with Crippen molar-refractivity contribution in [2.75, 3.05) is 37.7 Å². The van der Waals surface area contributed by atoms with Crippen LogP contribution in [0.3, 0.4) is 0 Å². The highest BCUT2D eigenvalue weighted by molar-refractivity contribution is 7.92. The molecule has 1 aliphatic rings. The van der Waals surface area contributed by atoms with Gasteiger partial charge in [-0.25, -0.2) is 25.5 Å². The molecule has 0 aliphatic carbocycles. The maximum atomic E-state index is 13.7. The van der Waals surface area contributed by atoms with Gasteiger partial charge in [0.2, 0.25) is 20.0 Å². The molecule has 2 heterocycles. The number of nitrogens with zero attached hydrogens (tertiary/aromatic N) is 2. The molecule has 0 spiro atoms. The molecule has 0 radical (unpaired) electrons. The number of amides is 1. The molecule has 0 saturated carbocycles. The third-order valence-electron chi connectivity index (χ3n) is 7.64. The summed E-state index contributed by atoms with van der Waals surface area (Å²) in [5.41, 5.74) is 2.57. The van der Waals surface area contributed by atoms with Crippen molar-refractivity contribution in [3.63, 3.8) is 0 Å². The van der Waals surface area contributed by atoms with Crippen molar-refractivity contribution in [1.29, 1.82) is 0 Å². The average Bonchev–Trinajstić information content (AvgIpc) is 3.34. The Balaban J connectivity index is 1.64. The molecule has 1 aliphatic heterocycles. The molecule has 1 amide bonds. The van der Waals surface area contributed by atoms with Crippen LogP contribution in [0, 0.1) is 5.82 Å². The van der Waals surface area contributed by atoms with Gasteiger partial charge < -0.3 is 9.73 Å². The number of sulfonamides is 2. The zero-order valence-corrected chi connectivity index (χ0v) is 25.1. The lowest BCUT2D eigenvalue weighted by molar-refractivity contribution is 0.0964. The van der Waals surface area contributed by atoms with Gasteiger partial charge in [-0.1, -0.05) is 30.3 Å². The van der Waals surface area contributed by atoms with Crippen molar-refractivity contribution in [3.05, 3.63) is 89.2 Å². The fourth-order valence-electron chi connectivity index (χ4n) is 5.41. The zero-order valence-electron chi connectivity index (χ0n) is 23.5. The fraction of sp³-hybridized carbons (Fsp3) is 0.300. The monoisotopic (exact) mass is 613 g/mol. The molecule has 0 bridgehead atoms. The maximum absolute atomic E-state index is 13.7. The van der Waals surface area contributed by atoms with Gasteiger partial charge in [-0.2, -0.15) is 0 Å². The smallest absolute Gasteiger partial charge is 0.255 e. The molecule has 222 valence electrons. The Morgan fingerprint density at radius 3 is 2.40 bits per heavy atom. The number of hydrogen-bond acceptors (Lipinski definition) is 6. The molecule has 1 aromatic heterocycles. The van der Waals surface area contributed by atoms with Crippen molar-refractivity contribution >= 4 is 42.6 Å². The lowest BCUT2D eigenvalue weighted by Crippen LogP contribution is -2.40. The Hall–Kier alpha value is -3.74. The highest BCUT2D eigenvalue weighted by Crippen LogP contribution is 2.42. The van der Waals surface area contributed by atoms with Crippen LogP contribution < -0.4 is 9.62 Å². The zero-order chi connectivity index (χ0) is 30.2. The van der Waals surface area contributed by atoms with Gasteiger partial charge in [0.25, 0.3) is 5.91 Å². The molecule has 42 heavy (non-hydrogen) atoms. The van der Waals surface area contributed by atoms with E-state index >= 15 is 0 Å². The molecule has 1 atom stereocenters. The predicted molar refractivity (Wildman–Crippen MR) is 161 cm³/mol. The van der Waals surface area contributed by atoms with Gasteiger partial charge in [-0.05, 0) is 60.2 Å². The maximum Gasteiger partial charge on any atom is 0.255 e. The van der Waals surface area contributed by atoms with Crippen LogP contribution in [0.2, 0.25) is 0 Å². The topological polar surface area (TPSA) is 117 Å². The van der Waals surface area contributed by atoms with E-state index in [0.29, 0.717) is 47.2 Å². The van der Waals surface area contributed by atoms with Gasteiger partial charge in [0, 0.05) is 44.2 Å². The quantitative estimate of drug-likeness (QED) is 0.308. The van der Waals surface area contributed by atoms with Crippen LogP contribution in [0.5, 0.6) is 0 Å². The number of benzene rings is 3. The highest BCUT2D eigenvalue weighted by Gasteiger charge is 2.33. The van der Waals surface area contributed by atoms with Crippen molar-refractivity contribution in [2.24, 2.45) is 0 Å². The van der Waals surface area contributed by atoms with E-state index in [4.69, 9.17) is 4.42 Å². The number of anilines is 1. The number of carbonyl (C=O) groups excluding carboxylic acids is 1. The number of nitrogens with one attached hydrogen (secondary N) is 1. The van der Waals surface area contributed by atoms with E-state index in [1.807, 2.05) is 6.07 Å². The van der Waals surface area contributed by atoms with Crippen LogP contribution in [-0.2, 0) is 25.8 Å². The first kappa shape index (κ1) is 29.7. The van der Waals surface area contributed by atoms with Gasteiger partial charge in [0.05, 0.1) is 23.3 Å². The fourth-order valence-corrected chi connectivity index (χ4v) is 7.53. The number of halogens is 1. The number of carbonyl (C=O) groups is 1. The second-order valence-electron chi connectivity index (χ2n) is 10.5. The summed E-state index contributed by atoms with van der Waals surface area (Å²) in [6, 6.07) is 17.8. The minimum Gasteiger partial charge on any atom is -0.455 e. The van der Waals surface area contributed by atoms with Crippen LogP contribution in [0.15, 0.2) is 71.1 Å². The van der Waals surface area contributed by atoms with Crippen LogP contribution in [0.25, 0.3) is 22.3 Å². The summed E-state index contributed by atoms with van der Waals surface area (Å²) < 4.78 is 74.6. The van der Waals surface area contributed by atoms with E-state index in [-0.39, 0.29) is 35.1 Å². The number of furan rings is 1. The van der Waals surface area contributed by atoms with Crippen LogP contribution >= 0.6 is 0 Å². The van der Waals surface area contributed by atoms with Crippen LogP contribution in [-0.4, -0.2) is 60.5 Å². The van der Waals surface area contributed by atoms with Gasteiger partial charge >= 0.3 is 0 Å². The second kappa shape index (κ2) is 11.5. The Bertz CT molecular complexity index is 1840. The van der Waals surface area contributed by atoms with E-state index < -0.39 is 31.8 Å². The molecule has 12 heteroatoms. The van der Waals surface area contributed by atoms with Crippen LogP contribution in [0.1, 0.15) is 40.2 Å². The highest BCUT2D eigenvalue weighted by atomic mass is 32.2. The first-order valence-corrected chi connectivity index (χ1v) is 16.9. The molecular formula is C30H32FN3O6S2. The molecule has 3 aromatic carbocycles. The molecule has 0 unspecified atom stereocenters. The normalized spacial score (nSPS) is 16.4. The van der Waals surface area contributed by atoms with Crippen molar-refractivity contribution < 1.29 is 30.4 Å². The summed E-state index contributed by atoms with van der Waals surface area (Å²) in [6.07, 6.45) is 2.28. The Morgan fingerprint density at radius 1 is 1.07 bits per heavy atom. The minimum atomic E-state index is -3.71. The Morgan fingerprint density at radius 2 is 1.76 bits per heavy atom. The third kappa shape index (κ3) is 5.92. The van der Waals surface area contributed by atoms with Gasteiger partial charge in [0.15, 0.2) is 0 Å². The molecule has 5 rings (SSSR count). The third-order valence-corrected chi connectivity index (χ3v) is 10.7. The number of fused-ring (bicyclic) bond motifs is 1. The number of piperidine rings is 1. The number of rotatable bonds is 8. The Kier molecular flexibility index (Phi) is 8.15. The first-order chi connectivity index (χ1) is 19.9. The van der Waals surface area contributed by atoms with Crippen molar-refractivity contribution in [1.82, 2.24) is 9.62 Å². The standard InChI is InChI=1S/C30H32FN3O6S2/c1-32-30(35)28-25-16-24(22-10-7-15-34(18-22)42(38,39)19-20-8-5-4-6-9-20)26(33(2)41(3,36)37)17-27(25)40-29(28)21-11-13-23(31)14-12-21/h4-6,8-9,11-14,16-17,22H,7,10,15,18-19H2,1-3H3,(H,32,35)/t22-/m1/s1. The SMILES string of the molecule is CNC(=O)c1c(-c2ccc(F)cc2)oc2cc(N(C)S(C)(=O)=O)c([C@@H]3CCCN(S(=O)(=O)Cc4ccccc4)C3)cc12. The van der Waals surface area contributed by atoms with Gasteiger partial charge in [-0.15, -0.1) is 0 Å². The Labute approximate surface area is 245 Å².